The number of nitrogens with one attached hydrogen (secondary N) is 1. The molecule has 1 aliphatic rings. The molecule has 1 N–H and O–H groups in total. The highest BCUT2D eigenvalue weighted by Gasteiger charge is 2.32. The maximum atomic E-state index is 12.3. The number of hydrogen-bond donors (Lipinski definition) is 1. The number of carbonyl (C=O) groups excluding carboxylic acids is 2. The van der Waals surface area contributed by atoms with Crippen LogP contribution in [0.25, 0.3) is 0 Å². The second-order valence-corrected chi connectivity index (χ2v) is 4.80. The van der Waals surface area contributed by atoms with E-state index in [4.69, 9.17) is 0 Å². The number of nitrogens with zero attached hydrogens (tertiary/aromatic N) is 2. The molecule has 0 atom stereocenters. The van der Waals surface area contributed by atoms with Gasteiger partial charge >= 0.3 is 6.36 Å². The molecule has 1 aliphatic heterocycles. The topological polar surface area (TPSA) is 71.0 Å². The fraction of sp³-hybridized carbons (Fsp3) is 0.357. The van der Waals surface area contributed by atoms with Crippen LogP contribution in [0.3, 0.4) is 0 Å². The minimum absolute atomic E-state index is 0.151. The molecule has 1 heterocycles. The summed E-state index contributed by atoms with van der Waals surface area (Å²) in [4.78, 5) is 23.3. The lowest BCUT2D eigenvalue weighted by Crippen LogP contribution is -2.37. The van der Waals surface area contributed by atoms with E-state index >= 15 is 0 Å². The van der Waals surface area contributed by atoms with E-state index in [1.54, 1.807) is 0 Å². The molecule has 1 aromatic rings. The largest absolute Gasteiger partial charge is 0.573 e. The summed E-state index contributed by atoms with van der Waals surface area (Å²) in [7, 11) is 1.43. The molecule has 1 aromatic carbocycles. The first kappa shape index (κ1) is 16.8. The van der Waals surface area contributed by atoms with Crippen LogP contribution in [0.5, 0.6) is 5.75 Å². The van der Waals surface area contributed by atoms with Gasteiger partial charge in [0, 0.05) is 32.0 Å². The molecule has 2 amide bonds. The minimum Gasteiger partial charge on any atom is -0.405 e. The Kier molecular flexibility index (Phi) is 4.87. The number of hydrogen-bond acceptors (Lipinski definition) is 4. The number of hydrazone groups is 1. The van der Waals surface area contributed by atoms with Crippen LogP contribution in [0, 0.1) is 0 Å². The Balaban J connectivity index is 2.02. The first-order valence-electron chi connectivity index (χ1n) is 6.72. The number of rotatable bonds is 4. The van der Waals surface area contributed by atoms with Crippen molar-refractivity contribution in [3.8, 4) is 5.75 Å². The molecule has 0 bridgehead atoms. The molecular weight excluding hydrogens is 315 g/mol. The molecule has 0 spiro atoms. The van der Waals surface area contributed by atoms with Gasteiger partial charge in [-0.2, -0.15) is 5.10 Å². The fourth-order valence-electron chi connectivity index (χ4n) is 1.98. The summed E-state index contributed by atoms with van der Waals surface area (Å²) >= 11 is 0. The lowest BCUT2D eigenvalue weighted by Gasteiger charge is -2.19. The second-order valence-electron chi connectivity index (χ2n) is 4.80. The fourth-order valence-corrected chi connectivity index (χ4v) is 1.98. The van der Waals surface area contributed by atoms with Crippen molar-refractivity contribution in [3.05, 3.63) is 29.8 Å². The first-order valence-corrected chi connectivity index (χ1v) is 6.72. The third kappa shape index (κ3) is 4.70. The Morgan fingerprint density at radius 3 is 2.70 bits per heavy atom. The average Bonchev–Trinajstić information content (AvgIpc) is 2.47. The Bertz CT molecular complexity index is 644. The van der Waals surface area contributed by atoms with Gasteiger partial charge < -0.3 is 10.1 Å². The molecule has 0 aliphatic carbocycles. The van der Waals surface area contributed by atoms with Crippen LogP contribution in [-0.4, -0.2) is 35.9 Å². The van der Waals surface area contributed by atoms with E-state index in [1.807, 2.05) is 0 Å². The van der Waals surface area contributed by atoms with E-state index in [0.717, 1.165) is 5.01 Å². The van der Waals surface area contributed by atoms with Gasteiger partial charge in [-0.1, -0.05) is 18.2 Å². The Morgan fingerprint density at radius 2 is 2.04 bits per heavy atom. The van der Waals surface area contributed by atoms with Crippen molar-refractivity contribution in [1.29, 1.82) is 0 Å². The van der Waals surface area contributed by atoms with Crippen molar-refractivity contribution in [1.82, 2.24) is 10.3 Å². The number of carbonyl (C=O) groups is 2. The van der Waals surface area contributed by atoms with E-state index in [2.05, 4.69) is 15.2 Å². The maximum absolute atomic E-state index is 12.3. The van der Waals surface area contributed by atoms with Crippen LogP contribution in [0.2, 0.25) is 0 Å². The van der Waals surface area contributed by atoms with Crippen molar-refractivity contribution in [2.75, 3.05) is 7.05 Å². The summed E-state index contributed by atoms with van der Waals surface area (Å²) in [6.45, 7) is -0.151. The predicted molar refractivity (Wildman–Crippen MR) is 74.4 cm³/mol. The van der Waals surface area contributed by atoms with Gasteiger partial charge in [0.05, 0.1) is 0 Å². The molecule has 0 saturated heterocycles. The second kappa shape index (κ2) is 6.67. The van der Waals surface area contributed by atoms with Gasteiger partial charge in [-0.05, 0) is 6.07 Å². The van der Waals surface area contributed by atoms with Gasteiger partial charge in [-0.25, -0.2) is 5.01 Å². The zero-order valence-electron chi connectivity index (χ0n) is 12.2. The summed E-state index contributed by atoms with van der Waals surface area (Å²) in [5.41, 5.74) is 0.334. The first-order chi connectivity index (χ1) is 10.8. The Morgan fingerprint density at radius 1 is 1.35 bits per heavy atom. The number of para-hydroxylation sites is 1. The molecular formula is C14H14F3N3O3. The van der Waals surface area contributed by atoms with Crippen LogP contribution in [0.15, 0.2) is 29.4 Å². The Hall–Kier alpha value is -2.58. The molecule has 2 rings (SSSR count). The van der Waals surface area contributed by atoms with Gasteiger partial charge in [0.25, 0.3) is 5.91 Å². The van der Waals surface area contributed by atoms with E-state index in [-0.39, 0.29) is 42.3 Å². The number of amides is 2. The molecule has 6 nitrogen and oxygen atoms in total. The SMILES string of the molecule is CN1N=C(C(=O)NCc2ccccc2OC(F)(F)F)CCC1=O. The van der Waals surface area contributed by atoms with Gasteiger partial charge in [-0.3, -0.25) is 9.59 Å². The molecule has 0 aromatic heterocycles. The van der Waals surface area contributed by atoms with Crippen molar-refractivity contribution < 1.29 is 27.5 Å². The van der Waals surface area contributed by atoms with E-state index in [9.17, 15) is 22.8 Å². The number of halogens is 3. The van der Waals surface area contributed by atoms with Crippen LogP contribution in [0.1, 0.15) is 18.4 Å². The van der Waals surface area contributed by atoms with Crippen molar-refractivity contribution in [2.24, 2.45) is 5.10 Å². The standard InChI is InChI=1S/C14H14F3N3O3/c1-20-12(21)7-6-10(19-20)13(22)18-8-9-4-2-3-5-11(9)23-14(15,16)17/h2-5H,6-8H2,1H3,(H,18,22). The van der Waals surface area contributed by atoms with Crippen LogP contribution >= 0.6 is 0 Å². The molecule has 0 radical (unpaired) electrons. The maximum Gasteiger partial charge on any atom is 0.573 e. The van der Waals surface area contributed by atoms with E-state index < -0.39 is 12.3 Å². The highest BCUT2D eigenvalue weighted by Crippen LogP contribution is 2.26. The minimum atomic E-state index is -4.81. The summed E-state index contributed by atoms with van der Waals surface area (Å²) < 4.78 is 40.9. The highest BCUT2D eigenvalue weighted by molar-refractivity contribution is 6.39. The quantitative estimate of drug-likeness (QED) is 0.916. The lowest BCUT2D eigenvalue weighted by atomic mass is 10.1. The smallest absolute Gasteiger partial charge is 0.405 e. The lowest BCUT2D eigenvalue weighted by molar-refractivity contribution is -0.274. The van der Waals surface area contributed by atoms with Crippen LogP contribution in [0.4, 0.5) is 13.2 Å². The summed E-state index contributed by atoms with van der Waals surface area (Å²) in [5.74, 6) is -1.12. The summed E-state index contributed by atoms with van der Waals surface area (Å²) in [5, 5.41) is 7.38. The van der Waals surface area contributed by atoms with Gasteiger partial charge in [-0.15, -0.1) is 13.2 Å². The molecule has 0 unspecified atom stereocenters. The third-order valence-electron chi connectivity index (χ3n) is 3.11. The molecule has 0 saturated carbocycles. The van der Waals surface area contributed by atoms with Crippen molar-refractivity contribution in [3.63, 3.8) is 0 Å². The monoisotopic (exact) mass is 329 g/mol. The third-order valence-corrected chi connectivity index (χ3v) is 3.11. The molecule has 23 heavy (non-hydrogen) atoms. The summed E-state index contributed by atoms with van der Waals surface area (Å²) in [6, 6.07) is 5.52. The number of ether oxygens (including phenoxy) is 1. The normalized spacial score (nSPS) is 15.2. The zero-order chi connectivity index (χ0) is 17.0. The number of alkyl halides is 3. The summed E-state index contributed by atoms with van der Waals surface area (Å²) in [6.07, 6.45) is -4.46. The highest BCUT2D eigenvalue weighted by atomic mass is 19.4. The van der Waals surface area contributed by atoms with E-state index in [1.165, 1.54) is 31.3 Å². The molecule has 124 valence electrons. The van der Waals surface area contributed by atoms with Crippen molar-refractivity contribution >= 4 is 17.5 Å². The Labute approximate surface area is 129 Å². The predicted octanol–water partition coefficient (Wildman–Crippen LogP) is 1.81. The van der Waals surface area contributed by atoms with Crippen molar-refractivity contribution in [2.45, 2.75) is 25.7 Å². The average molecular weight is 329 g/mol. The molecule has 9 heteroatoms. The van der Waals surface area contributed by atoms with E-state index in [0.29, 0.717) is 0 Å². The van der Waals surface area contributed by atoms with Crippen LogP contribution < -0.4 is 10.1 Å². The van der Waals surface area contributed by atoms with Gasteiger partial charge in [0.2, 0.25) is 5.91 Å². The van der Waals surface area contributed by atoms with Gasteiger partial charge in [0.15, 0.2) is 0 Å². The van der Waals surface area contributed by atoms with Gasteiger partial charge in [0.1, 0.15) is 11.5 Å². The number of benzene rings is 1. The molecule has 0 fully saturated rings. The zero-order valence-corrected chi connectivity index (χ0v) is 12.2. The van der Waals surface area contributed by atoms with Crippen LogP contribution in [-0.2, 0) is 16.1 Å².